The lowest BCUT2D eigenvalue weighted by molar-refractivity contribution is 0.580. The van der Waals surface area contributed by atoms with Gasteiger partial charge in [-0.2, -0.15) is 4.39 Å². The summed E-state index contributed by atoms with van der Waals surface area (Å²) in [7, 11) is 0. The molecule has 0 amide bonds. The van der Waals surface area contributed by atoms with Gasteiger partial charge in [0, 0.05) is 5.88 Å². The number of halogens is 2. The van der Waals surface area contributed by atoms with Crippen molar-refractivity contribution in [2.24, 2.45) is 0 Å². The first kappa shape index (κ1) is 6.96. The Hall–Kier alpha value is -0.150. The molecule has 1 aromatic heterocycles. The van der Waals surface area contributed by atoms with Crippen LogP contribution in [0.25, 0.3) is 0 Å². The molecule has 1 rings (SSSR count). The summed E-state index contributed by atoms with van der Waals surface area (Å²) in [6.07, 6.45) is 0.581. The van der Waals surface area contributed by atoms with Gasteiger partial charge in [-0.3, -0.25) is 0 Å². The monoisotopic (exact) mass is 165 g/mol. The Kier molecular flexibility index (Phi) is 2.42. The number of aromatic nitrogens is 1. The van der Waals surface area contributed by atoms with Crippen LogP contribution in [0.3, 0.4) is 0 Å². The summed E-state index contributed by atoms with van der Waals surface area (Å²) in [4.78, 5) is 4.07. The lowest BCUT2D eigenvalue weighted by Crippen LogP contribution is -1.84. The number of nitrogens with zero attached hydrogens (tertiary/aromatic N) is 1. The quantitative estimate of drug-likeness (QED) is 0.612. The number of hydrogen-bond acceptors (Lipinski definition) is 2. The molecule has 4 heteroatoms. The van der Waals surface area contributed by atoms with Gasteiger partial charge >= 0.3 is 0 Å². The highest BCUT2D eigenvalue weighted by Crippen LogP contribution is 2.11. The van der Waals surface area contributed by atoms with Crippen LogP contribution in [0.2, 0.25) is 0 Å². The largest absolute Gasteiger partial charge is 0.226 e. The number of alkyl halides is 1. The van der Waals surface area contributed by atoms with Crippen molar-refractivity contribution in [2.75, 3.05) is 5.88 Å². The third kappa shape index (κ3) is 1.63. The first-order valence-corrected chi connectivity index (χ1v) is 3.90. The predicted molar refractivity (Wildman–Crippen MR) is 36.5 cm³/mol. The molecule has 0 aliphatic rings. The number of thiazole rings is 1. The van der Waals surface area contributed by atoms with E-state index < -0.39 is 0 Å². The zero-order valence-electron chi connectivity index (χ0n) is 4.60. The van der Waals surface area contributed by atoms with Crippen molar-refractivity contribution in [3.63, 3.8) is 0 Å². The molecular weight excluding hydrogens is 161 g/mol. The smallest absolute Gasteiger partial charge is 0.216 e. The van der Waals surface area contributed by atoms with E-state index in [0.29, 0.717) is 17.2 Å². The highest BCUT2D eigenvalue weighted by Gasteiger charge is 2.01. The van der Waals surface area contributed by atoms with Gasteiger partial charge < -0.3 is 0 Å². The summed E-state index contributed by atoms with van der Waals surface area (Å²) in [6.45, 7) is 0. The van der Waals surface area contributed by atoms with Crippen molar-refractivity contribution < 1.29 is 4.39 Å². The van der Waals surface area contributed by atoms with Crippen LogP contribution in [0, 0.1) is 5.95 Å². The van der Waals surface area contributed by atoms with Crippen LogP contribution in [-0.2, 0) is 6.42 Å². The third-order valence-corrected chi connectivity index (χ3v) is 1.97. The Morgan fingerprint density at radius 1 is 1.78 bits per heavy atom. The topological polar surface area (TPSA) is 12.9 Å². The van der Waals surface area contributed by atoms with Gasteiger partial charge in [0.05, 0.1) is 10.4 Å². The van der Waals surface area contributed by atoms with Crippen molar-refractivity contribution in [3.05, 3.63) is 16.3 Å². The van der Waals surface area contributed by atoms with Crippen LogP contribution >= 0.6 is 22.9 Å². The van der Waals surface area contributed by atoms with Crippen LogP contribution in [0.4, 0.5) is 4.39 Å². The molecule has 0 aliphatic carbocycles. The summed E-state index contributed by atoms with van der Waals surface area (Å²) >= 11 is 6.68. The third-order valence-electron chi connectivity index (χ3n) is 0.913. The maximum absolute atomic E-state index is 12.4. The minimum atomic E-state index is -0.374. The number of hydrogen-bond donors (Lipinski definition) is 0. The van der Waals surface area contributed by atoms with Crippen molar-refractivity contribution in [2.45, 2.75) is 6.42 Å². The van der Waals surface area contributed by atoms with Gasteiger partial charge in [-0.15, -0.1) is 22.9 Å². The fourth-order valence-electron chi connectivity index (χ4n) is 0.505. The highest BCUT2D eigenvalue weighted by atomic mass is 35.5. The van der Waals surface area contributed by atoms with Crippen LogP contribution < -0.4 is 0 Å². The maximum atomic E-state index is 12.4. The van der Waals surface area contributed by atoms with Gasteiger partial charge in [0.15, 0.2) is 0 Å². The molecule has 0 saturated carbocycles. The molecule has 1 heterocycles. The van der Waals surface area contributed by atoms with Crippen molar-refractivity contribution in [1.29, 1.82) is 0 Å². The van der Waals surface area contributed by atoms with Crippen LogP contribution in [0.15, 0.2) is 5.51 Å². The predicted octanol–water partition coefficient (Wildman–Crippen LogP) is 2.06. The van der Waals surface area contributed by atoms with E-state index in [1.165, 1.54) is 16.8 Å². The summed E-state index contributed by atoms with van der Waals surface area (Å²) in [5.41, 5.74) is 1.48. The second kappa shape index (κ2) is 3.13. The molecule has 50 valence electrons. The summed E-state index contributed by atoms with van der Waals surface area (Å²) in [5, 5.41) is 0. The summed E-state index contributed by atoms with van der Waals surface area (Å²) in [5.74, 6) is 0.0831. The molecule has 0 radical (unpaired) electrons. The fraction of sp³-hybridized carbons (Fsp3) is 0.400. The van der Waals surface area contributed by atoms with E-state index in [4.69, 9.17) is 11.6 Å². The zero-order valence-corrected chi connectivity index (χ0v) is 6.18. The van der Waals surface area contributed by atoms with Crippen molar-refractivity contribution in [3.8, 4) is 0 Å². The minimum absolute atomic E-state index is 0.374. The van der Waals surface area contributed by atoms with Crippen molar-refractivity contribution in [1.82, 2.24) is 4.98 Å². The maximum Gasteiger partial charge on any atom is 0.226 e. The van der Waals surface area contributed by atoms with Crippen molar-refractivity contribution >= 4 is 22.9 Å². The molecule has 9 heavy (non-hydrogen) atoms. The molecule has 1 nitrogen and oxygen atoms in total. The minimum Gasteiger partial charge on any atom is -0.216 e. The SMILES string of the molecule is Fc1ncsc1CCCl. The molecule has 0 bridgehead atoms. The zero-order chi connectivity index (χ0) is 6.69. The normalized spacial score (nSPS) is 10.0. The Bertz CT molecular complexity index is 189. The van der Waals surface area contributed by atoms with Crippen LogP contribution in [0.1, 0.15) is 4.88 Å². The summed E-state index contributed by atoms with van der Waals surface area (Å²) in [6, 6.07) is 0. The van der Waals surface area contributed by atoms with E-state index in [9.17, 15) is 4.39 Å². The van der Waals surface area contributed by atoms with Gasteiger partial charge in [0.1, 0.15) is 0 Å². The van der Waals surface area contributed by atoms with Gasteiger partial charge in [0.25, 0.3) is 0 Å². The van der Waals surface area contributed by atoms with Crippen LogP contribution in [0.5, 0.6) is 0 Å². The second-order valence-corrected chi connectivity index (χ2v) is 2.82. The molecule has 0 aliphatic heterocycles. The summed E-state index contributed by atoms with van der Waals surface area (Å²) < 4.78 is 12.4. The Morgan fingerprint density at radius 3 is 3.00 bits per heavy atom. The average molecular weight is 166 g/mol. The molecule has 0 N–H and O–H groups in total. The molecule has 0 aromatic carbocycles. The Morgan fingerprint density at radius 2 is 2.56 bits per heavy atom. The van der Waals surface area contributed by atoms with Gasteiger partial charge in [-0.05, 0) is 6.42 Å². The lowest BCUT2D eigenvalue weighted by atomic mass is 10.4. The number of aryl methyl sites for hydroxylation is 1. The molecule has 0 saturated heterocycles. The molecule has 0 fully saturated rings. The Labute approximate surface area is 61.5 Å². The van der Waals surface area contributed by atoms with E-state index in [1.807, 2.05) is 0 Å². The number of rotatable bonds is 2. The lowest BCUT2D eigenvalue weighted by Gasteiger charge is -1.86. The van der Waals surface area contributed by atoms with E-state index in [1.54, 1.807) is 0 Å². The Balaban J connectivity index is 2.69. The van der Waals surface area contributed by atoms with E-state index in [2.05, 4.69) is 4.98 Å². The fourth-order valence-corrected chi connectivity index (χ4v) is 1.45. The van der Waals surface area contributed by atoms with Gasteiger partial charge in [-0.25, -0.2) is 4.98 Å². The molecule has 1 aromatic rings. The van der Waals surface area contributed by atoms with E-state index in [-0.39, 0.29) is 5.95 Å². The van der Waals surface area contributed by atoms with Gasteiger partial charge in [-0.1, -0.05) is 0 Å². The molecule has 0 unspecified atom stereocenters. The second-order valence-electron chi connectivity index (χ2n) is 1.51. The highest BCUT2D eigenvalue weighted by molar-refractivity contribution is 7.09. The van der Waals surface area contributed by atoms with E-state index in [0.717, 1.165) is 0 Å². The standard InChI is InChI=1S/C5H5ClFNS/c6-2-1-4-5(7)8-3-9-4/h3H,1-2H2. The molecule has 0 spiro atoms. The first-order chi connectivity index (χ1) is 4.34. The van der Waals surface area contributed by atoms with Gasteiger partial charge in [0.2, 0.25) is 5.95 Å². The van der Waals surface area contributed by atoms with Crippen LogP contribution in [-0.4, -0.2) is 10.9 Å². The molecule has 0 atom stereocenters. The average Bonchev–Trinajstić information content (AvgIpc) is 2.18. The first-order valence-electron chi connectivity index (χ1n) is 2.48. The van der Waals surface area contributed by atoms with E-state index >= 15 is 0 Å². The molecular formula is C5H5ClFNS.